The molecule has 0 bridgehead atoms. The topological polar surface area (TPSA) is 125 Å². The van der Waals surface area contributed by atoms with Gasteiger partial charge in [0.25, 0.3) is 0 Å². The molecule has 2 N–H and O–H groups in total. The molecule has 10 heteroatoms. The van der Waals surface area contributed by atoms with Crippen molar-refractivity contribution in [3.05, 3.63) is 53.2 Å². The quantitative estimate of drug-likeness (QED) is 0.659. The maximum absolute atomic E-state index is 12.0. The molecule has 0 fully saturated rings. The zero-order valence-corrected chi connectivity index (χ0v) is 16.9. The molecular formula is C20H21N9O. The number of nitrogens with zero attached hydrogens (tertiary/aromatic N) is 7. The third-order valence-electron chi connectivity index (χ3n) is 5.03. The van der Waals surface area contributed by atoms with Crippen LogP contribution in [0.2, 0.25) is 0 Å². The average Bonchev–Trinajstić information content (AvgIpc) is 3.19. The SMILES string of the molecule is Cc1nc(NCc2cnn(Cc3ccc(C#N)nc3)c2)nc2c1NC(=O)C(C)N2C. The number of hydrogen-bond donors (Lipinski definition) is 2. The lowest BCUT2D eigenvalue weighted by Gasteiger charge is -2.32. The number of amides is 1. The van der Waals surface area contributed by atoms with E-state index in [1.54, 1.807) is 18.5 Å². The summed E-state index contributed by atoms with van der Waals surface area (Å²) in [6.07, 6.45) is 5.40. The normalized spacial score (nSPS) is 15.3. The molecule has 1 amide bonds. The van der Waals surface area contributed by atoms with Gasteiger partial charge in [-0.3, -0.25) is 9.48 Å². The van der Waals surface area contributed by atoms with Crippen LogP contribution in [-0.4, -0.2) is 43.7 Å². The Balaban J connectivity index is 1.44. The molecule has 0 saturated carbocycles. The van der Waals surface area contributed by atoms with Gasteiger partial charge in [0.1, 0.15) is 23.5 Å². The molecule has 0 aromatic carbocycles. The van der Waals surface area contributed by atoms with E-state index in [-0.39, 0.29) is 11.9 Å². The molecule has 10 nitrogen and oxygen atoms in total. The summed E-state index contributed by atoms with van der Waals surface area (Å²) in [6, 6.07) is 5.27. The van der Waals surface area contributed by atoms with Crippen molar-refractivity contribution in [2.24, 2.45) is 0 Å². The van der Waals surface area contributed by atoms with Gasteiger partial charge in [0.2, 0.25) is 11.9 Å². The van der Waals surface area contributed by atoms with Gasteiger partial charge >= 0.3 is 0 Å². The van der Waals surface area contributed by atoms with Crippen LogP contribution < -0.4 is 15.5 Å². The molecule has 0 spiro atoms. The zero-order chi connectivity index (χ0) is 21.3. The standard InChI is InChI=1S/C20H21N9O/c1-12-17-18(28(3)13(2)19(30)26-17)27-20(25-12)23-8-15-9-24-29(11-15)10-14-4-5-16(6-21)22-7-14/h4-5,7,9,11,13H,8,10H2,1-3H3,(H,26,30)(H,23,25,27). The highest BCUT2D eigenvalue weighted by Gasteiger charge is 2.30. The molecule has 3 aromatic rings. The molecule has 1 aliphatic rings. The molecule has 4 heterocycles. The highest BCUT2D eigenvalue weighted by Crippen LogP contribution is 2.32. The smallest absolute Gasteiger partial charge is 0.246 e. The van der Waals surface area contributed by atoms with E-state index >= 15 is 0 Å². The second-order valence-corrected chi connectivity index (χ2v) is 7.17. The van der Waals surface area contributed by atoms with Crippen molar-refractivity contribution in [3.63, 3.8) is 0 Å². The zero-order valence-electron chi connectivity index (χ0n) is 16.9. The van der Waals surface area contributed by atoms with E-state index in [4.69, 9.17) is 5.26 Å². The van der Waals surface area contributed by atoms with Crippen LogP contribution in [0.5, 0.6) is 0 Å². The molecule has 30 heavy (non-hydrogen) atoms. The Hall–Kier alpha value is -4.00. The Kier molecular flexibility index (Phi) is 5.02. The lowest BCUT2D eigenvalue weighted by Crippen LogP contribution is -2.44. The van der Waals surface area contributed by atoms with Crippen LogP contribution in [0.3, 0.4) is 0 Å². The van der Waals surface area contributed by atoms with Crippen LogP contribution in [0.15, 0.2) is 30.7 Å². The van der Waals surface area contributed by atoms with Gasteiger partial charge in [-0.25, -0.2) is 9.97 Å². The number of carbonyl (C=O) groups is 1. The van der Waals surface area contributed by atoms with E-state index in [1.165, 1.54) is 0 Å². The van der Waals surface area contributed by atoms with Gasteiger partial charge in [-0.1, -0.05) is 6.07 Å². The Morgan fingerprint density at radius 3 is 2.83 bits per heavy atom. The lowest BCUT2D eigenvalue weighted by molar-refractivity contribution is -0.117. The van der Waals surface area contributed by atoms with Crippen LogP contribution >= 0.6 is 0 Å². The monoisotopic (exact) mass is 403 g/mol. The van der Waals surface area contributed by atoms with Crippen LogP contribution in [0.25, 0.3) is 0 Å². The summed E-state index contributed by atoms with van der Waals surface area (Å²) in [4.78, 5) is 27.0. The van der Waals surface area contributed by atoms with Crippen molar-refractivity contribution in [1.29, 1.82) is 5.26 Å². The first-order valence-electron chi connectivity index (χ1n) is 9.47. The largest absolute Gasteiger partial charge is 0.350 e. The maximum atomic E-state index is 12.0. The number of fused-ring (bicyclic) bond motifs is 1. The molecule has 1 aliphatic heterocycles. The number of carbonyl (C=O) groups excluding carboxylic acids is 1. The summed E-state index contributed by atoms with van der Waals surface area (Å²) in [5, 5.41) is 19.3. The molecule has 0 aliphatic carbocycles. The summed E-state index contributed by atoms with van der Waals surface area (Å²) < 4.78 is 1.81. The van der Waals surface area contributed by atoms with Gasteiger partial charge in [0.05, 0.1) is 18.4 Å². The number of rotatable bonds is 5. The van der Waals surface area contributed by atoms with E-state index in [2.05, 4.69) is 30.7 Å². The number of likely N-dealkylation sites (N-methyl/N-ethyl adjacent to an activating group) is 1. The minimum absolute atomic E-state index is 0.0673. The molecule has 0 saturated heterocycles. The summed E-state index contributed by atoms with van der Waals surface area (Å²) in [5.41, 5.74) is 3.69. The molecule has 4 rings (SSSR count). The fourth-order valence-electron chi connectivity index (χ4n) is 3.16. The first-order valence-corrected chi connectivity index (χ1v) is 9.47. The van der Waals surface area contributed by atoms with E-state index < -0.39 is 0 Å². The van der Waals surface area contributed by atoms with Crippen molar-refractivity contribution in [3.8, 4) is 6.07 Å². The van der Waals surface area contributed by atoms with Gasteiger partial charge in [0, 0.05) is 31.5 Å². The van der Waals surface area contributed by atoms with Crippen LogP contribution in [-0.2, 0) is 17.9 Å². The van der Waals surface area contributed by atoms with Crippen molar-refractivity contribution in [2.45, 2.75) is 33.0 Å². The third kappa shape index (κ3) is 3.77. The van der Waals surface area contributed by atoms with Crippen LogP contribution in [0.4, 0.5) is 17.5 Å². The van der Waals surface area contributed by atoms with Crippen LogP contribution in [0, 0.1) is 18.3 Å². The van der Waals surface area contributed by atoms with E-state index in [0.29, 0.717) is 41.9 Å². The molecule has 0 radical (unpaired) electrons. The number of nitriles is 1. The first kappa shape index (κ1) is 19.3. The fraction of sp³-hybridized carbons (Fsp3) is 0.300. The van der Waals surface area contributed by atoms with E-state index in [0.717, 1.165) is 11.1 Å². The summed E-state index contributed by atoms with van der Waals surface area (Å²) in [5.74, 6) is 1.12. The first-order chi connectivity index (χ1) is 14.4. The van der Waals surface area contributed by atoms with Crippen molar-refractivity contribution in [1.82, 2.24) is 24.7 Å². The van der Waals surface area contributed by atoms with Gasteiger partial charge < -0.3 is 15.5 Å². The molecule has 1 atom stereocenters. The molecule has 3 aromatic heterocycles. The Labute approximate surface area is 173 Å². The van der Waals surface area contributed by atoms with Gasteiger partial charge in [-0.05, 0) is 25.5 Å². The van der Waals surface area contributed by atoms with Crippen molar-refractivity contribution >= 4 is 23.4 Å². The minimum atomic E-state index is -0.297. The highest BCUT2D eigenvalue weighted by molar-refractivity contribution is 6.03. The fourth-order valence-corrected chi connectivity index (χ4v) is 3.16. The number of aryl methyl sites for hydroxylation is 1. The number of hydrogen-bond acceptors (Lipinski definition) is 8. The number of aromatic nitrogens is 5. The summed E-state index contributed by atoms with van der Waals surface area (Å²) in [6.45, 7) is 4.76. The third-order valence-corrected chi connectivity index (χ3v) is 5.03. The van der Waals surface area contributed by atoms with E-state index in [9.17, 15) is 4.79 Å². The Bertz CT molecular complexity index is 1130. The molecule has 152 valence electrons. The van der Waals surface area contributed by atoms with Gasteiger partial charge in [-0.2, -0.15) is 15.3 Å². The average molecular weight is 403 g/mol. The predicted molar refractivity (Wildman–Crippen MR) is 111 cm³/mol. The van der Waals surface area contributed by atoms with Crippen molar-refractivity contribution in [2.75, 3.05) is 22.6 Å². The lowest BCUT2D eigenvalue weighted by atomic mass is 10.2. The van der Waals surface area contributed by atoms with Crippen molar-refractivity contribution < 1.29 is 4.79 Å². The molecular weight excluding hydrogens is 382 g/mol. The van der Waals surface area contributed by atoms with Crippen LogP contribution in [0.1, 0.15) is 29.4 Å². The number of pyridine rings is 1. The second kappa shape index (κ2) is 7.79. The Morgan fingerprint density at radius 1 is 1.27 bits per heavy atom. The van der Waals surface area contributed by atoms with E-state index in [1.807, 2.05) is 48.8 Å². The summed E-state index contributed by atoms with van der Waals surface area (Å²) in [7, 11) is 1.85. The summed E-state index contributed by atoms with van der Waals surface area (Å²) >= 11 is 0. The minimum Gasteiger partial charge on any atom is -0.350 e. The highest BCUT2D eigenvalue weighted by atomic mass is 16.2. The van der Waals surface area contributed by atoms with Gasteiger partial charge in [-0.15, -0.1) is 0 Å². The second-order valence-electron chi connectivity index (χ2n) is 7.17. The number of nitrogens with one attached hydrogen (secondary N) is 2. The Morgan fingerprint density at radius 2 is 2.10 bits per heavy atom. The predicted octanol–water partition coefficient (Wildman–Crippen LogP) is 1.69. The van der Waals surface area contributed by atoms with Gasteiger partial charge in [0.15, 0.2) is 5.82 Å². The number of anilines is 3. The maximum Gasteiger partial charge on any atom is 0.246 e. The molecule has 1 unspecified atom stereocenters.